The van der Waals surface area contributed by atoms with E-state index in [0.717, 1.165) is 46.2 Å². The first-order valence-electron chi connectivity index (χ1n) is 10.6. The number of hydrogen-bond acceptors (Lipinski definition) is 7. The van der Waals surface area contributed by atoms with Crippen LogP contribution in [0.3, 0.4) is 0 Å². The zero-order valence-electron chi connectivity index (χ0n) is 17.4. The molecular formula is C22H26N4O4S. The first-order chi connectivity index (χ1) is 15.1. The minimum atomic E-state index is -0.257. The molecule has 3 N–H and O–H groups in total. The van der Waals surface area contributed by atoms with Gasteiger partial charge in [-0.05, 0) is 66.6 Å². The molecule has 2 heterocycles. The van der Waals surface area contributed by atoms with Gasteiger partial charge in [-0.15, -0.1) is 11.3 Å². The fraction of sp³-hybridized carbons (Fsp3) is 0.455. The number of benzene rings is 1. The van der Waals surface area contributed by atoms with Crippen molar-refractivity contribution in [3.63, 3.8) is 0 Å². The predicted molar refractivity (Wildman–Crippen MR) is 117 cm³/mol. The summed E-state index contributed by atoms with van der Waals surface area (Å²) in [6, 6.07) is 8.14. The Labute approximate surface area is 184 Å². The van der Waals surface area contributed by atoms with Gasteiger partial charge in [-0.2, -0.15) is 0 Å². The molecule has 0 bridgehead atoms. The Hall–Kier alpha value is -2.78. The number of carbonyl (C=O) groups excluding carboxylic acids is 2. The molecule has 2 aromatic heterocycles. The van der Waals surface area contributed by atoms with Crippen LogP contribution in [-0.2, 0) is 0 Å². The van der Waals surface area contributed by atoms with E-state index in [1.807, 2.05) is 18.2 Å². The summed E-state index contributed by atoms with van der Waals surface area (Å²) in [5.41, 5.74) is 1.84. The number of aryl methyl sites for hydroxylation is 1. The van der Waals surface area contributed by atoms with E-state index in [0.29, 0.717) is 24.1 Å². The van der Waals surface area contributed by atoms with Gasteiger partial charge in [-0.1, -0.05) is 23.4 Å². The molecule has 1 aliphatic rings. The number of carbonyl (C=O) groups is 2. The molecule has 0 atom stereocenters. The van der Waals surface area contributed by atoms with Crippen molar-refractivity contribution < 1.29 is 19.3 Å². The van der Waals surface area contributed by atoms with Crippen molar-refractivity contribution in [2.24, 2.45) is 5.92 Å². The van der Waals surface area contributed by atoms with Gasteiger partial charge in [0.25, 0.3) is 11.8 Å². The minimum Gasteiger partial charge on any atom is -0.395 e. The van der Waals surface area contributed by atoms with Gasteiger partial charge < -0.3 is 15.7 Å². The number of aliphatic hydroxyl groups is 1. The van der Waals surface area contributed by atoms with Gasteiger partial charge in [0, 0.05) is 17.8 Å². The van der Waals surface area contributed by atoms with Gasteiger partial charge in [-0.25, -0.2) is 4.63 Å². The minimum absolute atomic E-state index is 0.0767. The average Bonchev–Trinajstić information content (AvgIpc) is 3.40. The van der Waals surface area contributed by atoms with Gasteiger partial charge in [0.05, 0.1) is 11.5 Å². The first kappa shape index (κ1) is 21.5. The van der Waals surface area contributed by atoms with Crippen LogP contribution in [0.25, 0.3) is 10.1 Å². The predicted octanol–water partition coefficient (Wildman–Crippen LogP) is 3.02. The topological polar surface area (TPSA) is 117 Å². The third kappa shape index (κ3) is 4.62. The highest BCUT2D eigenvalue weighted by Gasteiger charge is 2.29. The summed E-state index contributed by atoms with van der Waals surface area (Å²) in [7, 11) is 0. The van der Waals surface area contributed by atoms with E-state index in [1.165, 1.54) is 11.3 Å². The smallest absolute Gasteiger partial charge is 0.275 e. The van der Waals surface area contributed by atoms with Crippen molar-refractivity contribution in [1.29, 1.82) is 0 Å². The Bertz CT molecular complexity index is 1070. The Kier molecular flexibility index (Phi) is 6.62. The van der Waals surface area contributed by atoms with E-state index >= 15 is 0 Å². The second kappa shape index (κ2) is 9.57. The van der Waals surface area contributed by atoms with Crippen molar-refractivity contribution in [3.8, 4) is 0 Å². The fourth-order valence-corrected chi connectivity index (χ4v) is 5.51. The van der Waals surface area contributed by atoms with Crippen LogP contribution in [0.1, 0.15) is 63.0 Å². The number of rotatable bonds is 7. The zero-order valence-corrected chi connectivity index (χ0v) is 18.2. The van der Waals surface area contributed by atoms with Gasteiger partial charge >= 0.3 is 0 Å². The second-order valence-corrected chi connectivity index (χ2v) is 9.00. The van der Waals surface area contributed by atoms with E-state index in [-0.39, 0.29) is 30.7 Å². The second-order valence-electron chi connectivity index (χ2n) is 7.95. The number of amides is 2. The molecule has 0 saturated heterocycles. The Balaban J connectivity index is 1.43. The quantitative estimate of drug-likeness (QED) is 0.518. The maximum atomic E-state index is 12.7. The standard InChI is InChI=1S/C22H26N4O4S/c1-13-19(26-30-25-13)21(28)24-12-14-6-8-15(9-7-14)18-16-4-2-3-5-17(16)31-20(18)22(29)23-10-11-27/h2-5,14-15,27H,6-12H2,1H3,(H,23,29)(H,24,28). The third-order valence-electron chi connectivity index (χ3n) is 5.91. The number of aliphatic hydroxyl groups excluding tert-OH is 1. The van der Waals surface area contributed by atoms with Crippen LogP contribution in [0, 0.1) is 12.8 Å². The number of nitrogens with one attached hydrogen (secondary N) is 2. The van der Waals surface area contributed by atoms with Crippen LogP contribution in [-0.4, -0.2) is 46.9 Å². The lowest BCUT2D eigenvalue weighted by Crippen LogP contribution is -2.32. The summed E-state index contributed by atoms with van der Waals surface area (Å²) < 4.78 is 5.71. The fourth-order valence-electron chi connectivity index (χ4n) is 4.30. The number of fused-ring (bicyclic) bond motifs is 1. The monoisotopic (exact) mass is 442 g/mol. The van der Waals surface area contributed by atoms with Gasteiger partial charge in [0.15, 0.2) is 5.69 Å². The molecule has 1 fully saturated rings. The maximum absolute atomic E-state index is 12.7. The molecular weight excluding hydrogens is 416 g/mol. The number of nitrogens with zero attached hydrogens (tertiary/aromatic N) is 2. The molecule has 164 valence electrons. The largest absolute Gasteiger partial charge is 0.395 e. The molecule has 0 aliphatic heterocycles. The molecule has 4 rings (SSSR count). The van der Waals surface area contributed by atoms with Crippen molar-refractivity contribution >= 4 is 33.2 Å². The highest BCUT2D eigenvalue weighted by atomic mass is 32.1. The third-order valence-corrected chi connectivity index (χ3v) is 7.10. The van der Waals surface area contributed by atoms with Gasteiger partial charge in [0.2, 0.25) is 0 Å². The molecule has 0 spiro atoms. The summed E-state index contributed by atoms with van der Waals surface area (Å²) in [6.45, 7) is 2.45. The molecule has 1 aliphatic carbocycles. The molecule has 0 radical (unpaired) electrons. The molecule has 0 unspecified atom stereocenters. The highest BCUT2D eigenvalue weighted by Crippen LogP contribution is 2.43. The normalized spacial score (nSPS) is 18.8. The van der Waals surface area contributed by atoms with E-state index < -0.39 is 0 Å². The summed E-state index contributed by atoms with van der Waals surface area (Å²) >= 11 is 1.52. The van der Waals surface area contributed by atoms with Crippen molar-refractivity contribution in [2.75, 3.05) is 19.7 Å². The molecule has 9 heteroatoms. The van der Waals surface area contributed by atoms with Crippen LogP contribution in [0.2, 0.25) is 0 Å². The van der Waals surface area contributed by atoms with Gasteiger partial charge in [0.1, 0.15) is 5.69 Å². The van der Waals surface area contributed by atoms with Crippen molar-refractivity contribution in [1.82, 2.24) is 20.9 Å². The highest BCUT2D eigenvalue weighted by molar-refractivity contribution is 7.21. The number of aromatic nitrogens is 2. The van der Waals surface area contributed by atoms with Crippen LogP contribution < -0.4 is 10.6 Å². The Morgan fingerprint density at radius 3 is 2.61 bits per heavy atom. The van der Waals surface area contributed by atoms with Crippen molar-refractivity contribution in [2.45, 2.75) is 38.5 Å². The van der Waals surface area contributed by atoms with Crippen molar-refractivity contribution in [3.05, 3.63) is 46.1 Å². The van der Waals surface area contributed by atoms with Crippen LogP contribution in [0.4, 0.5) is 0 Å². The molecule has 3 aromatic rings. The zero-order chi connectivity index (χ0) is 21.8. The summed E-state index contributed by atoms with van der Waals surface area (Å²) in [4.78, 5) is 25.7. The lowest BCUT2D eigenvalue weighted by molar-refractivity contribution is 0.0927. The molecule has 1 saturated carbocycles. The summed E-state index contributed by atoms with van der Waals surface area (Å²) in [5.74, 6) is 0.320. The van der Waals surface area contributed by atoms with Crippen LogP contribution in [0.15, 0.2) is 28.9 Å². The molecule has 1 aromatic carbocycles. The first-order valence-corrected chi connectivity index (χ1v) is 11.4. The lowest BCUT2D eigenvalue weighted by Gasteiger charge is -2.29. The van der Waals surface area contributed by atoms with E-state index in [4.69, 9.17) is 5.11 Å². The lowest BCUT2D eigenvalue weighted by atomic mass is 9.77. The van der Waals surface area contributed by atoms with E-state index in [2.05, 4.69) is 31.6 Å². The molecule has 2 amide bonds. The number of hydrogen-bond donors (Lipinski definition) is 3. The Morgan fingerprint density at radius 1 is 1.13 bits per heavy atom. The maximum Gasteiger partial charge on any atom is 0.275 e. The summed E-state index contributed by atoms with van der Waals surface area (Å²) in [6.07, 6.45) is 3.88. The van der Waals surface area contributed by atoms with Crippen LogP contribution in [0.5, 0.6) is 0 Å². The Morgan fingerprint density at radius 2 is 1.90 bits per heavy atom. The van der Waals surface area contributed by atoms with E-state index in [1.54, 1.807) is 6.92 Å². The molecule has 31 heavy (non-hydrogen) atoms. The summed E-state index contributed by atoms with van der Waals surface area (Å²) in [5, 5.41) is 23.2. The molecule has 8 nitrogen and oxygen atoms in total. The average molecular weight is 443 g/mol. The van der Waals surface area contributed by atoms with Crippen LogP contribution >= 0.6 is 11.3 Å². The van der Waals surface area contributed by atoms with E-state index in [9.17, 15) is 9.59 Å². The number of thiophene rings is 1. The SMILES string of the molecule is Cc1nonc1C(=O)NCC1CCC(c2c(C(=O)NCCO)sc3ccccc23)CC1. The van der Waals surface area contributed by atoms with Gasteiger partial charge in [-0.3, -0.25) is 9.59 Å².